The largest absolute Gasteiger partial charge is 0.473 e. The Hall–Kier alpha value is -2.48. The maximum absolute atomic E-state index is 10.5. The van der Waals surface area contributed by atoms with Crippen LogP contribution in [0.4, 0.5) is 5.69 Å². The van der Waals surface area contributed by atoms with Gasteiger partial charge in [0.15, 0.2) is 0 Å². The molecule has 126 valence electrons. The van der Waals surface area contributed by atoms with Gasteiger partial charge in [0, 0.05) is 24.7 Å². The summed E-state index contributed by atoms with van der Waals surface area (Å²) < 4.78 is 0. The summed E-state index contributed by atoms with van der Waals surface area (Å²) in [6, 6.07) is 7.41. The first-order chi connectivity index (χ1) is 10.9. The highest BCUT2D eigenvalue weighted by Crippen LogP contribution is 2.18. The lowest BCUT2D eigenvalue weighted by molar-refractivity contribution is -0.384. The molecule has 0 radical (unpaired) electrons. The number of rotatable bonds is 4. The number of carbonyl (C=O) groups is 2. The van der Waals surface area contributed by atoms with Crippen LogP contribution in [0.5, 0.6) is 0 Å². The van der Waals surface area contributed by atoms with Gasteiger partial charge in [0.25, 0.3) is 5.69 Å². The van der Waals surface area contributed by atoms with Crippen molar-refractivity contribution in [2.24, 2.45) is 0 Å². The molecule has 0 unspecified atom stereocenters. The molecular formula is C15H20N2O6. The molecule has 0 saturated heterocycles. The van der Waals surface area contributed by atoms with Gasteiger partial charge < -0.3 is 15.5 Å². The highest BCUT2D eigenvalue weighted by atomic mass is 16.6. The molecule has 1 aromatic rings. The molecule has 23 heavy (non-hydrogen) atoms. The van der Waals surface area contributed by atoms with E-state index >= 15 is 0 Å². The van der Waals surface area contributed by atoms with E-state index < -0.39 is 11.9 Å². The van der Waals surface area contributed by atoms with Crippen molar-refractivity contribution in [3.63, 3.8) is 0 Å². The second-order valence-electron chi connectivity index (χ2n) is 5.25. The lowest BCUT2D eigenvalue weighted by Gasteiger charge is -2.22. The van der Waals surface area contributed by atoms with E-state index in [-0.39, 0.29) is 10.6 Å². The molecule has 0 aliphatic heterocycles. The van der Waals surface area contributed by atoms with Gasteiger partial charge in [0.1, 0.15) is 0 Å². The summed E-state index contributed by atoms with van der Waals surface area (Å²) in [7, 11) is 0. The monoisotopic (exact) mass is 324 g/mol. The predicted octanol–water partition coefficient (Wildman–Crippen LogP) is 2.17. The van der Waals surface area contributed by atoms with Gasteiger partial charge in [0.05, 0.1) is 4.92 Å². The standard InChI is InChI=1S/C13H18N2O2.C2H2O4/c16-15(17)13-8-6-11(7-9-13)10-14-12-4-2-1-3-5-12;3-1(4)2(5)6/h6-9,12,14H,1-5,10H2;(H,3,4)(H,5,6). The van der Waals surface area contributed by atoms with Gasteiger partial charge in [-0.1, -0.05) is 31.4 Å². The Kier molecular flexibility index (Phi) is 7.69. The molecule has 1 aromatic carbocycles. The van der Waals surface area contributed by atoms with Crippen LogP contribution < -0.4 is 5.32 Å². The first-order valence-corrected chi connectivity index (χ1v) is 7.33. The van der Waals surface area contributed by atoms with Crippen LogP contribution >= 0.6 is 0 Å². The smallest absolute Gasteiger partial charge is 0.414 e. The first kappa shape index (κ1) is 18.6. The van der Waals surface area contributed by atoms with Crippen LogP contribution in [-0.4, -0.2) is 33.1 Å². The van der Waals surface area contributed by atoms with Crippen LogP contribution in [0.25, 0.3) is 0 Å². The van der Waals surface area contributed by atoms with Crippen molar-refractivity contribution >= 4 is 17.6 Å². The zero-order chi connectivity index (χ0) is 17.2. The third-order valence-corrected chi connectivity index (χ3v) is 3.53. The molecule has 1 aliphatic rings. The summed E-state index contributed by atoms with van der Waals surface area (Å²) in [4.78, 5) is 28.3. The number of aliphatic carboxylic acids is 2. The first-order valence-electron chi connectivity index (χ1n) is 7.33. The number of hydrogen-bond donors (Lipinski definition) is 3. The van der Waals surface area contributed by atoms with E-state index in [1.54, 1.807) is 12.1 Å². The molecule has 1 fully saturated rings. The Labute approximate surface area is 133 Å². The number of nitrogens with one attached hydrogen (secondary N) is 1. The van der Waals surface area contributed by atoms with E-state index in [9.17, 15) is 10.1 Å². The van der Waals surface area contributed by atoms with E-state index in [0.717, 1.165) is 12.1 Å². The van der Waals surface area contributed by atoms with Crippen LogP contribution in [0.15, 0.2) is 24.3 Å². The third kappa shape index (κ3) is 7.37. The Morgan fingerprint density at radius 1 is 1.09 bits per heavy atom. The van der Waals surface area contributed by atoms with Crippen LogP contribution in [0.1, 0.15) is 37.7 Å². The Morgan fingerprint density at radius 2 is 1.61 bits per heavy atom. The fourth-order valence-corrected chi connectivity index (χ4v) is 2.30. The van der Waals surface area contributed by atoms with Crippen LogP contribution in [0.3, 0.4) is 0 Å². The average molecular weight is 324 g/mol. The van der Waals surface area contributed by atoms with Crippen LogP contribution in [0, 0.1) is 10.1 Å². The van der Waals surface area contributed by atoms with Crippen molar-refractivity contribution in [3.05, 3.63) is 39.9 Å². The summed E-state index contributed by atoms with van der Waals surface area (Å²) in [5.41, 5.74) is 1.27. The highest BCUT2D eigenvalue weighted by molar-refractivity contribution is 6.27. The molecule has 8 nitrogen and oxygen atoms in total. The summed E-state index contributed by atoms with van der Waals surface area (Å²) in [6.45, 7) is 0.808. The fraction of sp³-hybridized carbons (Fsp3) is 0.467. The summed E-state index contributed by atoms with van der Waals surface area (Å²) in [6.07, 6.45) is 6.51. The summed E-state index contributed by atoms with van der Waals surface area (Å²) in [5, 5.41) is 28.8. The number of carboxylic acids is 2. The molecule has 0 aromatic heterocycles. The zero-order valence-corrected chi connectivity index (χ0v) is 12.6. The van der Waals surface area contributed by atoms with Crippen LogP contribution in [-0.2, 0) is 16.1 Å². The Morgan fingerprint density at radius 3 is 2.04 bits per heavy atom. The molecule has 1 saturated carbocycles. The molecule has 0 bridgehead atoms. The van der Waals surface area contributed by atoms with Gasteiger partial charge in [-0.2, -0.15) is 0 Å². The van der Waals surface area contributed by atoms with Crippen molar-refractivity contribution in [2.75, 3.05) is 0 Å². The number of nitro groups is 1. The van der Waals surface area contributed by atoms with Crippen molar-refractivity contribution < 1.29 is 24.7 Å². The van der Waals surface area contributed by atoms with Crippen molar-refractivity contribution in [1.82, 2.24) is 5.32 Å². The predicted molar refractivity (Wildman–Crippen MR) is 82.1 cm³/mol. The second kappa shape index (κ2) is 9.52. The molecular weight excluding hydrogens is 304 g/mol. The van der Waals surface area contributed by atoms with Crippen LogP contribution in [0.2, 0.25) is 0 Å². The quantitative estimate of drug-likeness (QED) is 0.439. The average Bonchev–Trinajstić information content (AvgIpc) is 2.55. The maximum atomic E-state index is 10.5. The molecule has 8 heteroatoms. The minimum Gasteiger partial charge on any atom is -0.473 e. The van der Waals surface area contributed by atoms with Gasteiger partial charge in [-0.3, -0.25) is 10.1 Å². The number of hydrogen-bond acceptors (Lipinski definition) is 5. The number of carboxylic acid groups (broad SMARTS) is 2. The Bertz CT molecular complexity index is 525. The minimum absolute atomic E-state index is 0.159. The Balaban J connectivity index is 0.000000379. The number of benzene rings is 1. The number of non-ortho nitro benzene ring substituents is 1. The molecule has 2 rings (SSSR count). The topological polar surface area (TPSA) is 130 Å². The zero-order valence-electron chi connectivity index (χ0n) is 12.6. The molecule has 3 N–H and O–H groups in total. The van der Waals surface area contributed by atoms with E-state index in [1.807, 2.05) is 12.1 Å². The SMILES string of the molecule is O=C(O)C(=O)O.O=[N+]([O-])c1ccc(CNC2CCCCC2)cc1. The fourth-order valence-electron chi connectivity index (χ4n) is 2.30. The van der Waals surface area contributed by atoms with E-state index in [2.05, 4.69) is 5.32 Å². The second-order valence-corrected chi connectivity index (χ2v) is 5.25. The van der Waals surface area contributed by atoms with Gasteiger partial charge in [0.2, 0.25) is 0 Å². The highest BCUT2D eigenvalue weighted by Gasteiger charge is 2.12. The summed E-state index contributed by atoms with van der Waals surface area (Å²) >= 11 is 0. The molecule has 0 spiro atoms. The third-order valence-electron chi connectivity index (χ3n) is 3.53. The lowest BCUT2D eigenvalue weighted by Crippen LogP contribution is -2.30. The molecule has 0 heterocycles. The van der Waals surface area contributed by atoms with Crippen molar-refractivity contribution in [1.29, 1.82) is 0 Å². The van der Waals surface area contributed by atoms with Gasteiger partial charge >= 0.3 is 11.9 Å². The maximum Gasteiger partial charge on any atom is 0.414 e. The minimum atomic E-state index is -1.82. The van der Waals surface area contributed by atoms with Gasteiger partial charge in [-0.25, -0.2) is 9.59 Å². The van der Waals surface area contributed by atoms with Gasteiger partial charge in [-0.05, 0) is 18.4 Å². The number of nitrogens with zero attached hydrogens (tertiary/aromatic N) is 1. The van der Waals surface area contributed by atoms with Crippen molar-refractivity contribution in [3.8, 4) is 0 Å². The normalized spacial score (nSPS) is 14.4. The molecule has 0 amide bonds. The molecule has 1 aliphatic carbocycles. The van der Waals surface area contributed by atoms with E-state index in [1.165, 1.54) is 32.1 Å². The lowest BCUT2D eigenvalue weighted by atomic mass is 9.95. The van der Waals surface area contributed by atoms with Gasteiger partial charge in [-0.15, -0.1) is 0 Å². The van der Waals surface area contributed by atoms with Crippen molar-refractivity contribution in [2.45, 2.75) is 44.7 Å². The van der Waals surface area contributed by atoms with E-state index in [4.69, 9.17) is 19.8 Å². The summed E-state index contributed by atoms with van der Waals surface area (Å²) in [5.74, 6) is -3.65. The number of nitro benzene ring substituents is 1. The molecule has 0 atom stereocenters. The van der Waals surface area contributed by atoms with E-state index in [0.29, 0.717) is 6.04 Å².